The third kappa shape index (κ3) is 6.37. The summed E-state index contributed by atoms with van der Waals surface area (Å²) in [5.74, 6) is -0.591. The van der Waals surface area contributed by atoms with E-state index in [4.69, 9.17) is 9.84 Å². The molecule has 1 saturated carbocycles. The van der Waals surface area contributed by atoms with Crippen LogP contribution in [0, 0.1) is 12.8 Å². The molecule has 1 aliphatic heterocycles. The van der Waals surface area contributed by atoms with Crippen molar-refractivity contribution in [3.8, 4) is 0 Å². The average molecular weight is 485 g/mol. The maximum absolute atomic E-state index is 13.1. The Balaban J connectivity index is 1.32. The van der Waals surface area contributed by atoms with Gasteiger partial charge in [0.25, 0.3) is 0 Å². The molecule has 0 radical (unpaired) electrons. The van der Waals surface area contributed by atoms with E-state index in [0.29, 0.717) is 38.2 Å². The second kappa shape index (κ2) is 11.3. The Morgan fingerprint density at radius 3 is 2.76 bits per heavy atom. The van der Waals surface area contributed by atoms with Crippen LogP contribution in [0.3, 0.4) is 0 Å². The number of aromatic nitrogens is 1. The first kappa shape index (κ1) is 24.7. The number of Topliss-reactive ketones (excluding diaryl/α,β-unsaturated/α-hetero) is 2. The fourth-order valence-corrected chi connectivity index (χ4v) is 5.65. The number of aryl methyl sites for hydroxylation is 1. The maximum atomic E-state index is 13.1. The number of ether oxygens (including phenoxy) is 1. The summed E-state index contributed by atoms with van der Waals surface area (Å²) >= 11 is 1.48. The maximum Gasteiger partial charge on any atom is 0.334 e. The summed E-state index contributed by atoms with van der Waals surface area (Å²) < 4.78 is 5.26. The number of hydrogen-bond acceptors (Lipinski definition) is 7. The topological polar surface area (TPSA) is 96.8 Å². The predicted octanol–water partition coefficient (Wildman–Crippen LogP) is 3.51. The summed E-state index contributed by atoms with van der Waals surface area (Å²) in [4.78, 5) is 43.7. The number of hydrogen-bond donors (Lipinski definition) is 1. The van der Waals surface area contributed by atoms with Gasteiger partial charge in [0.2, 0.25) is 0 Å². The van der Waals surface area contributed by atoms with Gasteiger partial charge in [0.1, 0.15) is 10.8 Å². The van der Waals surface area contributed by atoms with Gasteiger partial charge in [0.05, 0.1) is 18.7 Å². The lowest BCUT2D eigenvalue weighted by Gasteiger charge is -2.30. The van der Waals surface area contributed by atoms with Gasteiger partial charge in [-0.05, 0) is 31.4 Å². The van der Waals surface area contributed by atoms with Crippen LogP contribution < -0.4 is 0 Å². The third-order valence-electron chi connectivity index (χ3n) is 6.70. The molecule has 1 atom stereocenters. The molecule has 1 saturated heterocycles. The minimum atomic E-state index is -0.930. The summed E-state index contributed by atoms with van der Waals surface area (Å²) in [6, 6.07) is 5.83. The molecule has 0 amide bonds. The highest BCUT2D eigenvalue weighted by molar-refractivity contribution is 7.09. The molecule has 1 aliphatic carbocycles. The first-order valence-corrected chi connectivity index (χ1v) is 12.9. The zero-order valence-electron chi connectivity index (χ0n) is 19.6. The van der Waals surface area contributed by atoms with Crippen LogP contribution in [0.1, 0.15) is 57.9 Å². The van der Waals surface area contributed by atoms with E-state index in [2.05, 4.69) is 9.88 Å². The van der Waals surface area contributed by atoms with Crippen molar-refractivity contribution >= 4 is 28.9 Å². The van der Waals surface area contributed by atoms with Crippen LogP contribution in [0.4, 0.5) is 0 Å². The van der Waals surface area contributed by atoms with Gasteiger partial charge in [-0.15, -0.1) is 11.3 Å². The quantitative estimate of drug-likeness (QED) is 0.516. The molecule has 182 valence electrons. The standard InChI is InChI=1S/C26H32N2O5S/c1-17-6-7-19(22(12-17)25(30)18-4-2-3-5-18)13-21(29)14-24-27-20(16-34-24)8-9-28-10-11-33-23(15-28)26(31)32/h6-7,12,16,18,23H,2-5,8-11,13-15H2,1H3,(H,31,32)/t23-/m0/s1. The number of carboxylic acid groups (broad SMARTS) is 1. The van der Waals surface area contributed by atoms with E-state index in [9.17, 15) is 14.4 Å². The molecule has 7 nitrogen and oxygen atoms in total. The number of carbonyl (C=O) groups excluding carboxylic acids is 2. The molecule has 0 spiro atoms. The van der Waals surface area contributed by atoms with Gasteiger partial charge in [-0.3, -0.25) is 14.5 Å². The Hall–Kier alpha value is -2.42. The number of thiazole rings is 1. The lowest BCUT2D eigenvalue weighted by atomic mass is 9.90. The largest absolute Gasteiger partial charge is 0.479 e. The Kier molecular flexibility index (Phi) is 8.24. The normalized spacial score (nSPS) is 19.4. The van der Waals surface area contributed by atoms with Crippen molar-refractivity contribution in [2.45, 2.75) is 58.0 Å². The molecular weight excluding hydrogens is 452 g/mol. The highest BCUT2D eigenvalue weighted by Crippen LogP contribution is 2.30. The number of ketones is 2. The number of carbonyl (C=O) groups is 3. The first-order chi connectivity index (χ1) is 16.4. The van der Waals surface area contributed by atoms with E-state index in [1.165, 1.54) is 11.3 Å². The molecule has 0 bridgehead atoms. The van der Waals surface area contributed by atoms with Gasteiger partial charge in [-0.2, -0.15) is 0 Å². The molecule has 4 rings (SSSR count). The lowest BCUT2D eigenvalue weighted by Crippen LogP contribution is -2.46. The second-order valence-electron chi connectivity index (χ2n) is 9.38. The van der Waals surface area contributed by atoms with Gasteiger partial charge in [-0.25, -0.2) is 9.78 Å². The van der Waals surface area contributed by atoms with Crippen LogP contribution in [0.2, 0.25) is 0 Å². The highest BCUT2D eigenvalue weighted by Gasteiger charge is 2.27. The Morgan fingerprint density at radius 2 is 2.00 bits per heavy atom. The van der Waals surface area contributed by atoms with Crippen LogP contribution in [0.5, 0.6) is 0 Å². The molecule has 1 aromatic heterocycles. The summed E-state index contributed by atoms with van der Waals surface area (Å²) in [6.45, 7) is 4.19. The molecule has 2 heterocycles. The van der Waals surface area contributed by atoms with Crippen LogP contribution in [0.15, 0.2) is 23.6 Å². The molecule has 8 heteroatoms. The van der Waals surface area contributed by atoms with E-state index < -0.39 is 12.1 Å². The number of carboxylic acids is 1. The number of aliphatic carboxylic acids is 1. The van der Waals surface area contributed by atoms with Crippen molar-refractivity contribution < 1.29 is 24.2 Å². The summed E-state index contributed by atoms with van der Waals surface area (Å²) in [5.41, 5.74) is 3.49. The van der Waals surface area contributed by atoms with Crippen molar-refractivity contribution in [3.05, 3.63) is 51.0 Å². The fourth-order valence-electron chi connectivity index (χ4n) is 4.80. The van der Waals surface area contributed by atoms with Crippen LogP contribution >= 0.6 is 11.3 Å². The molecule has 2 aromatic rings. The first-order valence-electron chi connectivity index (χ1n) is 12.0. The zero-order chi connectivity index (χ0) is 24.1. The minimum absolute atomic E-state index is 0.0581. The van der Waals surface area contributed by atoms with Gasteiger partial charge < -0.3 is 9.84 Å². The second-order valence-corrected chi connectivity index (χ2v) is 10.3. The third-order valence-corrected chi connectivity index (χ3v) is 7.60. The molecule has 2 aliphatic rings. The van der Waals surface area contributed by atoms with Gasteiger partial charge in [-0.1, -0.05) is 30.5 Å². The van der Waals surface area contributed by atoms with Crippen LogP contribution in [-0.2, 0) is 33.6 Å². The van der Waals surface area contributed by atoms with Gasteiger partial charge in [0, 0.05) is 49.3 Å². The fraction of sp³-hybridized carbons (Fsp3) is 0.538. The molecule has 1 aromatic carbocycles. The van der Waals surface area contributed by atoms with Gasteiger partial charge >= 0.3 is 5.97 Å². The average Bonchev–Trinajstić information content (AvgIpc) is 3.51. The van der Waals surface area contributed by atoms with E-state index in [1.807, 2.05) is 30.5 Å². The van der Waals surface area contributed by atoms with Crippen molar-refractivity contribution in [2.24, 2.45) is 5.92 Å². The van der Waals surface area contributed by atoms with Gasteiger partial charge in [0.15, 0.2) is 11.9 Å². The summed E-state index contributed by atoms with van der Waals surface area (Å²) in [6.07, 6.45) is 4.54. The Bertz CT molecular complexity index is 1040. The predicted molar refractivity (Wildman–Crippen MR) is 130 cm³/mol. The summed E-state index contributed by atoms with van der Waals surface area (Å²) in [7, 11) is 0. The number of benzene rings is 1. The molecule has 0 unspecified atom stereocenters. The Labute approximate surface area is 204 Å². The molecule has 2 fully saturated rings. The van der Waals surface area contributed by atoms with Crippen molar-refractivity contribution in [1.82, 2.24) is 9.88 Å². The molecular formula is C26H32N2O5S. The number of morpholine rings is 1. The van der Waals surface area contributed by atoms with Crippen LogP contribution in [-0.4, -0.2) is 64.9 Å². The monoisotopic (exact) mass is 484 g/mol. The number of rotatable bonds is 10. The van der Waals surface area contributed by atoms with Crippen molar-refractivity contribution in [2.75, 3.05) is 26.2 Å². The highest BCUT2D eigenvalue weighted by atomic mass is 32.1. The minimum Gasteiger partial charge on any atom is -0.479 e. The Morgan fingerprint density at radius 1 is 1.21 bits per heavy atom. The van der Waals surface area contributed by atoms with Crippen molar-refractivity contribution in [1.29, 1.82) is 0 Å². The molecule has 34 heavy (non-hydrogen) atoms. The SMILES string of the molecule is Cc1ccc(CC(=O)Cc2nc(CCN3CCO[C@H](C(=O)O)C3)cs2)c(C(=O)C2CCCC2)c1. The van der Waals surface area contributed by atoms with Crippen molar-refractivity contribution in [3.63, 3.8) is 0 Å². The van der Waals surface area contributed by atoms with Crippen LogP contribution in [0.25, 0.3) is 0 Å². The van der Waals surface area contributed by atoms with E-state index in [0.717, 1.165) is 47.5 Å². The zero-order valence-corrected chi connectivity index (χ0v) is 20.4. The van der Waals surface area contributed by atoms with E-state index in [1.54, 1.807) is 0 Å². The van der Waals surface area contributed by atoms with E-state index >= 15 is 0 Å². The smallest absolute Gasteiger partial charge is 0.334 e. The summed E-state index contributed by atoms with van der Waals surface area (Å²) in [5, 5.41) is 11.9. The lowest BCUT2D eigenvalue weighted by molar-refractivity contribution is -0.156. The van der Waals surface area contributed by atoms with E-state index in [-0.39, 0.29) is 30.3 Å². The number of nitrogens with zero attached hydrogens (tertiary/aromatic N) is 2. The molecule has 1 N–H and O–H groups in total.